The second kappa shape index (κ2) is 6.43. The standard InChI is InChI=1S/C13H17F3N2O3S/c1-17-10-5-7-18(8-6-10)22(19,20)12-4-2-3-11(9-12)21-13(14,15)16/h2-4,9-10,17H,5-8H2,1H3. The predicted molar refractivity (Wildman–Crippen MR) is 74.0 cm³/mol. The van der Waals surface area contributed by atoms with E-state index in [0.29, 0.717) is 25.9 Å². The molecule has 22 heavy (non-hydrogen) atoms. The molecule has 0 unspecified atom stereocenters. The Hall–Kier alpha value is -1.32. The van der Waals surface area contributed by atoms with Crippen LogP contribution in [-0.2, 0) is 10.0 Å². The van der Waals surface area contributed by atoms with E-state index >= 15 is 0 Å². The van der Waals surface area contributed by atoms with E-state index < -0.39 is 22.1 Å². The van der Waals surface area contributed by atoms with Gasteiger partial charge in [0.15, 0.2) is 0 Å². The fourth-order valence-electron chi connectivity index (χ4n) is 2.37. The van der Waals surface area contributed by atoms with Gasteiger partial charge in [-0.15, -0.1) is 13.2 Å². The van der Waals surface area contributed by atoms with E-state index in [1.165, 1.54) is 16.4 Å². The lowest BCUT2D eigenvalue weighted by atomic mass is 10.1. The van der Waals surface area contributed by atoms with E-state index in [0.717, 1.165) is 12.1 Å². The molecule has 1 N–H and O–H groups in total. The number of piperidine rings is 1. The van der Waals surface area contributed by atoms with Crippen molar-refractivity contribution in [1.29, 1.82) is 0 Å². The van der Waals surface area contributed by atoms with Crippen LogP contribution in [0, 0.1) is 0 Å². The molecule has 124 valence electrons. The number of ether oxygens (including phenoxy) is 1. The fourth-order valence-corrected chi connectivity index (χ4v) is 3.87. The van der Waals surface area contributed by atoms with Gasteiger partial charge in [0.2, 0.25) is 10.0 Å². The average molecular weight is 338 g/mol. The van der Waals surface area contributed by atoms with Crippen molar-refractivity contribution in [3.8, 4) is 5.75 Å². The van der Waals surface area contributed by atoms with Gasteiger partial charge in [-0.25, -0.2) is 8.42 Å². The van der Waals surface area contributed by atoms with Gasteiger partial charge in [-0.05, 0) is 32.0 Å². The van der Waals surface area contributed by atoms with Gasteiger partial charge >= 0.3 is 6.36 Å². The van der Waals surface area contributed by atoms with Crippen LogP contribution in [-0.4, -0.2) is 45.3 Å². The number of hydrogen-bond acceptors (Lipinski definition) is 4. The maximum Gasteiger partial charge on any atom is 0.573 e. The van der Waals surface area contributed by atoms with Crippen molar-refractivity contribution in [3.05, 3.63) is 24.3 Å². The molecule has 1 aromatic carbocycles. The number of nitrogens with zero attached hydrogens (tertiary/aromatic N) is 1. The van der Waals surface area contributed by atoms with Crippen molar-refractivity contribution in [3.63, 3.8) is 0 Å². The highest BCUT2D eigenvalue weighted by Crippen LogP contribution is 2.27. The lowest BCUT2D eigenvalue weighted by molar-refractivity contribution is -0.274. The molecule has 0 atom stereocenters. The van der Waals surface area contributed by atoms with E-state index in [-0.39, 0.29) is 10.9 Å². The second-order valence-electron chi connectivity index (χ2n) is 4.99. The smallest absolute Gasteiger partial charge is 0.406 e. The van der Waals surface area contributed by atoms with Gasteiger partial charge in [0, 0.05) is 25.2 Å². The van der Waals surface area contributed by atoms with Gasteiger partial charge in [0.25, 0.3) is 0 Å². The molecule has 0 aromatic heterocycles. The maximum atomic E-state index is 12.5. The predicted octanol–water partition coefficient (Wildman–Crippen LogP) is 1.96. The Balaban J connectivity index is 2.18. The lowest BCUT2D eigenvalue weighted by Crippen LogP contribution is -2.43. The molecule has 0 bridgehead atoms. The van der Waals surface area contributed by atoms with Crippen LogP contribution in [0.25, 0.3) is 0 Å². The molecule has 1 heterocycles. The van der Waals surface area contributed by atoms with E-state index in [2.05, 4.69) is 10.1 Å². The third kappa shape index (κ3) is 4.11. The van der Waals surface area contributed by atoms with Crippen LogP contribution >= 0.6 is 0 Å². The molecule has 9 heteroatoms. The van der Waals surface area contributed by atoms with E-state index in [4.69, 9.17) is 0 Å². The summed E-state index contributed by atoms with van der Waals surface area (Å²) in [4.78, 5) is -0.197. The first-order chi connectivity index (χ1) is 10.2. The summed E-state index contributed by atoms with van der Waals surface area (Å²) in [6.07, 6.45) is -3.53. The molecule has 0 amide bonds. The quantitative estimate of drug-likeness (QED) is 0.912. The summed E-state index contributed by atoms with van der Waals surface area (Å²) in [5.41, 5.74) is 0. The largest absolute Gasteiger partial charge is 0.573 e. The van der Waals surface area contributed by atoms with Crippen LogP contribution < -0.4 is 10.1 Å². The van der Waals surface area contributed by atoms with E-state index in [1.54, 1.807) is 0 Å². The Labute approximate surface area is 127 Å². The molecular weight excluding hydrogens is 321 g/mol. The molecule has 2 rings (SSSR count). The first-order valence-electron chi connectivity index (χ1n) is 6.75. The molecular formula is C13H17F3N2O3S. The van der Waals surface area contributed by atoms with Crippen molar-refractivity contribution in [2.24, 2.45) is 0 Å². The van der Waals surface area contributed by atoms with Crippen LogP contribution in [0.15, 0.2) is 29.2 Å². The zero-order valence-electron chi connectivity index (χ0n) is 11.9. The molecule has 5 nitrogen and oxygen atoms in total. The number of benzene rings is 1. The number of hydrogen-bond donors (Lipinski definition) is 1. The Morgan fingerprint density at radius 3 is 2.45 bits per heavy atom. The Morgan fingerprint density at radius 2 is 1.91 bits per heavy atom. The highest BCUT2D eigenvalue weighted by molar-refractivity contribution is 7.89. The summed E-state index contributed by atoms with van der Waals surface area (Å²) < 4.78 is 66.6. The summed E-state index contributed by atoms with van der Waals surface area (Å²) in [6, 6.07) is 4.72. The highest BCUT2D eigenvalue weighted by atomic mass is 32.2. The summed E-state index contributed by atoms with van der Waals surface area (Å²) >= 11 is 0. The second-order valence-corrected chi connectivity index (χ2v) is 6.93. The van der Waals surface area contributed by atoms with Crippen LogP contribution in [0.1, 0.15) is 12.8 Å². The van der Waals surface area contributed by atoms with Crippen molar-refractivity contribution in [2.45, 2.75) is 30.1 Å². The molecule has 1 fully saturated rings. The number of alkyl halides is 3. The average Bonchev–Trinajstić information content (AvgIpc) is 2.46. The number of nitrogens with one attached hydrogen (secondary N) is 1. The van der Waals surface area contributed by atoms with Crippen molar-refractivity contribution in [1.82, 2.24) is 9.62 Å². The molecule has 0 saturated carbocycles. The molecule has 0 aliphatic carbocycles. The minimum atomic E-state index is -4.85. The van der Waals surface area contributed by atoms with Gasteiger partial charge in [-0.2, -0.15) is 4.31 Å². The normalized spacial score (nSPS) is 18.4. The summed E-state index contributed by atoms with van der Waals surface area (Å²) in [7, 11) is -2.00. The fraction of sp³-hybridized carbons (Fsp3) is 0.538. The first kappa shape index (κ1) is 17.0. The monoisotopic (exact) mass is 338 g/mol. The Kier molecular flexibility index (Phi) is 4.98. The van der Waals surface area contributed by atoms with Gasteiger partial charge in [-0.1, -0.05) is 6.07 Å². The number of halogens is 3. The topological polar surface area (TPSA) is 58.6 Å². The summed E-state index contributed by atoms with van der Waals surface area (Å²) in [6.45, 7) is 0.663. The van der Waals surface area contributed by atoms with Crippen LogP contribution in [0.5, 0.6) is 5.75 Å². The first-order valence-corrected chi connectivity index (χ1v) is 8.19. The molecule has 0 radical (unpaired) electrons. The molecule has 1 aromatic rings. The molecule has 1 saturated heterocycles. The summed E-state index contributed by atoms with van der Waals surface area (Å²) in [5, 5.41) is 3.08. The van der Waals surface area contributed by atoms with Gasteiger partial charge in [0.1, 0.15) is 5.75 Å². The zero-order valence-corrected chi connectivity index (χ0v) is 12.7. The number of sulfonamides is 1. The van der Waals surface area contributed by atoms with Gasteiger partial charge in [0.05, 0.1) is 4.90 Å². The third-order valence-electron chi connectivity index (χ3n) is 3.54. The van der Waals surface area contributed by atoms with Gasteiger partial charge < -0.3 is 10.1 Å². The van der Waals surface area contributed by atoms with Crippen molar-refractivity contribution in [2.75, 3.05) is 20.1 Å². The zero-order chi connectivity index (χ0) is 16.4. The Bertz CT molecular complexity index is 611. The van der Waals surface area contributed by atoms with E-state index in [1.807, 2.05) is 7.05 Å². The van der Waals surface area contributed by atoms with Crippen LogP contribution in [0.2, 0.25) is 0 Å². The minimum absolute atomic E-state index is 0.197. The van der Waals surface area contributed by atoms with Crippen molar-refractivity contribution >= 4 is 10.0 Å². The SMILES string of the molecule is CNC1CCN(S(=O)(=O)c2cccc(OC(F)(F)F)c2)CC1. The maximum absolute atomic E-state index is 12.5. The molecule has 1 aliphatic heterocycles. The van der Waals surface area contributed by atoms with Crippen LogP contribution in [0.4, 0.5) is 13.2 Å². The molecule has 0 spiro atoms. The number of rotatable bonds is 4. The molecule has 1 aliphatic rings. The van der Waals surface area contributed by atoms with E-state index in [9.17, 15) is 21.6 Å². The van der Waals surface area contributed by atoms with Gasteiger partial charge in [-0.3, -0.25) is 0 Å². The highest BCUT2D eigenvalue weighted by Gasteiger charge is 2.33. The third-order valence-corrected chi connectivity index (χ3v) is 5.43. The summed E-state index contributed by atoms with van der Waals surface area (Å²) in [5.74, 6) is -0.543. The van der Waals surface area contributed by atoms with Crippen LogP contribution in [0.3, 0.4) is 0 Å². The van der Waals surface area contributed by atoms with Crippen molar-refractivity contribution < 1.29 is 26.3 Å². The minimum Gasteiger partial charge on any atom is -0.406 e. The lowest BCUT2D eigenvalue weighted by Gasteiger charge is -2.31. The Morgan fingerprint density at radius 1 is 1.27 bits per heavy atom.